The van der Waals surface area contributed by atoms with Crippen LogP contribution in [0.15, 0.2) is 60.7 Å². The minimum atomic E-state index is -0.480. The molecule has 0 bridgehead atoms. The highest BCUT2D eigenvalue weighted by Crippen LogP contribution is 2.30. The highest BCUT2D eigenvalue weighted by molar-refractivity contribution is 7.59. The number of Topliss-reactive ketones (excluding diaryl/α,β-unsaturated/α-hetero) is 1. The van der Waals surface area contributed by atoms with E-state index in [2.05, 4.69) is 29.6 Å². The smallest absolute Gasteiger partial charge is 0.181 e. The molecule has 0 saturated carbocycles. The number of nitrogens with one attached hydrogen (secondary N) is 1. The van der Waals surface area contributed by atoms with Crippen molar-refractivity contribution in [1.82, 2.24) is 5.32 Å². The number of rotatable bonds is 9. The van der Waals surface area contributed by atoms with Crippen LogP contribution in [0.5, 0.6) is 0 Å². The van der Waals surface area contributed by atoms with Crippen LogP contribution in [0.4, 0.5) is 0 Å². The molecule has 1 aliphatic carbocycles. The molecule has 152 valence electrons. The van der Waals surface area contributed by atoms with E-state index >= 15 is 0 Å². The summed E-state index contributed by atoms with van der Waals surface area (Å²) in [7, 11) is 0. The van der Waals surface area contributed by atoms with Crippen molar-refractivity contribution < 1.29 is 14.7 Å². The lowest BCUT2D eigenvalue weighted by Crippen LogP contribution is -2.35. The molecule has 0 amide bonds. The summed E-state index contributed by atoms with van der Waals surface area (Å²) in [6.45, 7) is 1.75. The predicted octanol–water partition coefficient (Wildman–Crippen LogP) is 3.45. The van der Waals surface area contributed by atoms with Gasteiger partial charge in [-0.05, 0) is 53.7 Å². The number of fused-ring (bicyclic) bond motifs is 1. The molecule has 1 aliphatic rings. The van der Waals surface area contributed by atoms with E-state index in [9.17, 15) is 9.59 Å². The average molecular weight is 410 g/mol. The topological polar surface area (TPSA) is 66.4 Å². The van der Waals surface area contributed by atoms with Crippen LogP contribution in [0.3, 0.4) is 0 Å². The SMILES string of the molecule is CC(=O)[C@H](CC1=CCc2ccccc21)NCc1ccc(/C=C/C(=O)CO)cc1.S. The fourth-order valence-electron chi connectivity index (χ4n) is 3.36. The van der Waals surface area contributed by atoms with E-state index in [1.807, 2.05) is 30.3 Å². The maximum Gasteiger partial charge on any atom is 0.181 e. The molecule has 2 aromatic rings. The molecule has 2 aromatic carbocycles. The number of carbonyl (C=O) groups is 2. The van der Waals surface area contributed by atoms with Gasteiger partial charge in [0.05, 0.1) is 6.04 Å². The van der Waals surface area contributed by atoms with Gasteiger partial charge in [0, 0.05) is 6.54 Å². The Balaban J connectivity index is 0.00000300. The molecule has 4 nitrogen and oxygen atoms in total. The predicted molar refractivity (Wildman–Crippen MR) is 122 cm³/mol. The number of aliphatic hydroxyl groups excluding tert-OH is 1. The van der Waals surface area contributed by atoms with Crippen molar-refractivity contribution in [2.45, 2.75) is 32.4 Å². The number of hydrogen-bond acceptors (Lipinski definition) is 4. The first-order chi connectivity index (χ1) is 13.6. The normalized spacial score (nSPS) is 13.5. The summed E-state index contributed by atoms with van der Waals surface area (Å²) in [6, 6.07) is 15.9. The second-order valence-corrected chi connectivity index (χ2v) is 7.04. The van der Waals surface area contributed by atoms with Gasteiger partial charge in [-0.2, -0.15) is 13.5 Å². The van der Waals surface area contributed by atoms with Crippen LogP contribution >= 0.6 is 13.5 Å². The van der Waals surface area contributed by atoms with Crippen molar-refractivity contribution in [2.75, 3.05) is 6.61 Å². The van der Waals surface area contributed by atoms with E-state index in [0.717, 1.165) is 17.5 Å². The van der Waals surface area contributed by atoms with Gasteiger partial charge in [-0.1, -0.05) is 60.7 Å². The lowest BCUT2D eigenvalue weighted by Gasteiger charge is -2.17. The first-order valence-electron chi connectivity index (χ1n) is 9.48. The number of ketones is 2. The Morgan fingerprint density at radius 2 is 1.86 bits per heavy atom. The summed E-state index contributed by atoms with van der Waals surface area (Å²) < 4.78 is 0. The lowest BCUT2D eigenvalue weighted by atomic mass is 9.97. The molecular formula is C24H27NO3S. The van der Waals surface area contributed by atoms with Crippen LogP contribution in [-0.2, 0) is 22.6 Å². The monoisotopic (exact) mass is 409 g/mol. The van der Waals surface area contributed by atoms with Gasteiger partial charge >= 0.3 is 0 Å². The molecule has 0 unspecified atom stereocenters. The fraction of sp³-hybridized carbons (Fsp3) is 0.250. The highest BCUT2D eigenvalue weighted by atomic mass is 32.1. The van der Waals surface area contributed by atoms with Gasteiger partial charge in [0.2, 0.25) is 0 Å². The van der Waals surface area contributed by atoms with Crippen molar-refractivity contribution in [1.29, 1.82) is 0 Å². The zero-order valence-electron chi connectivity index (χ0n) is 16.5. The zero-order valence-corrected chi connectivity index (χ0v) is 17.5. The van der Waals surface area contributed by atoms with Crippen molar-refractivity contribution in [3.05, 3.63) is 82.9 Å². The van der Waals surface area contributed by atoms with Crippen LogP contribution < -0.4 is 5.32 Å². The molecule has 0 radical (unpaired) electrons. The molecule has 3 rings (SSSR count). The summed E-state index contributed by atoms with van der Waals surface area (Å²) in [5, 5.41) is 12.1. The Labute approximate surface area is 178 Å². The van der Waals surface area contributed by atoms with E-state index in [1.54, 1.807) is 13.0 Å². The Hall–Kier alpha value is -2.47. The molecule has 29 heavy (non-hydrogen) atoms. The number of allylic oxidation sites excluding steroid dienone is 1. The Kier molecular flexibility index (Phi) is 8.58. The van der Waals surface area contributed by atoms with Gasteiger partial charge in [0.25, 0.3) is 0 Å². The zero-order chi connectivity index (χ0) is 19.9. The van der Waals surface area contributed by atoms with E-state index in [1.165, 1.54) is 22.8 Å². The Morgan fingerprint density at radius 3 is 2.55 bits per heavy atom. The first-order valence-corrected chi connectivity index (χ1v) is 9.48. The third-order valence-corrected chi connectivity index (χ3v) is 5.00. The van der Waals surface area contributed by atoms with Gasteiger partial charge in [-0.3, -0.25) is 9.59 Å². The molecular weight excluding hydrogens is 382 g/mol. The summed E-state index contributed by atoms with van der Waals surface area (Å²) >= 11 is 0. The standard InChI is InChI=1S/C24H25NO3.H2S/c1-17(27)24(14-21-12-11-20-4-2-3-5-23(20)21)25-15-19-8-6-18(7-9-19)10-13-22(28)16-26;/h2-10,12-13,24-26H,11,14-16H2,1H3;1H2/b13-10+;/t24-;/m0./s1. The molecule has 2 N–H and O–H groups in total. The van der Waals surface area contributed by atoms with Crippen molar-refractivity contribution in [3.63, 3.8) is 0 Å². The molecule has 0 spiro atoms. The Morgan fingerprint density at radius 1 is 1.14 bits per heavy atom. The molecule has 0 aliphatic heterocycles. The number of carbonyl (C=O) groups excluding carboxylic acids is 2. The summed E-state index contributed by atoms with van der Waals surface area (Å²) in [6.07, 6.45) is 6.89. The van der Waals surface area contributed by atoms with Crippen molar-refractivity contribution in [2.24, 2.45) is 0 Å². The second-order valence-electron chi connectivity index (χ2n) is 7.04. The van der Waals surface area contributed by atoms with Crippen LogP contribution in [0.25, 0.3) is 11.6 Å². The van der Waals surface area contributed by atoms with E-state index in [-0.39, 0.29) is 31.1 Å². The minimum Gasteiger partial charge on any atom is -0.388 e. The highest BCUT2D eigenvalue weighted by Gasteiger charge is 2.20. The van der Waals surface area contributed by atoms with Crippen molar-refractivity contribution in [3.8, 4) is 0 Å². The maximum absolute atomic E-state index is 12.1. The van der Waals surface area contributed by atoms with Crippen LogP contribution in [0, 0.1) is 0 Å². The lowest BCUT2D eigenvalue weighted by molar-refractivity contribution is -0.119. The van der Waals surface area contributed by atoms with Gasteiger partial charge in [0.1, 0.15) is 12.4 Å². The molecule has 1 atom stereocenters. The number of hydrogen-bond donors (Lipinski definition) is 2. The first kappa shape index (κ1) is 22.8. The largest absolute Gasteiger partial charge is 0.388 e. The van der Waals surface area contributed by atoms with Gasteiger partial charge in [-0.15, -0.1) is 0 Å². The maximum atomic E-state index is 12.1. The third kappa shape index (κ3) is 6.26. The van der Waals surface area contributed by atoms with Crippen molar-refractivity contribution >= 4 is 36.7 Å². The molecule has 0 heterocycles. The quantitative estimate of drug-likeness (QED) is 0.623. The number of benzene rings is 2. The van der Waals surface area contributed by atoms with Gasteiger partial charge in [-0.25, -0.2) is 0 Å². The minimum absolute atomic E-state index is 0. The van der Waals surface area contributed by atoms with E-state index < -0.39 is 6.61 Å². The number of aliphatic hydroxyl groups is 1. The molecule has 0 aromatic heterocycles. The molecule has 0 saturated heterocycles. The molecule has 5 heteroatoms. The fourth-order valence-corrected chi connectivity index (χ4v) is 3.36. The average Bonchev–Trinajstić information content (AvgIpc) is 3.12. The van der Waals surface area contributed by atoms with Gasteiger partial charge < -0.3 is 10.4 Å². The van der Waals surface area contributed by atoms with E-state index in [4.69, 9.17) is 5.11 Å². The molecule has 0 fully saturated rings. The van der Waals surface area contributed by atoms with Crippen LogP contribution in [-0.4, -0.2) is 29.3 Å². The summed E-state index contributed by atoms with van der Waals surface area (Å²) in [5.41, 5.74) is 5.77. The Bertz CT molecular complexity index is 916. The van der Waals surface area contributed by atoms with Crippen LogP contribution in [0.1, 0.15) is 35.6 Å². The summed E-state index contributed by atoms with van der Waals surface area (Å²) in [4.78, 5) is 23.3. The second kappa shape index (κ2) is 10.9. The van der Waals surface area contributed by atoms with Crippen LogP contribution in [0.2, 0.25) is 0 Å². The third-order valence-electron chi connectivity index (χ3n) is 5.00. The van der Waals surface area contributed by atoms with Gasteiger partial charge in [0.15, 0.2) is 5.78 Å². The summed E-state index contributed by atoms with van der Waals surface area (Å²) in [5.74, 6) is -0.190. The van der Waals surface area contributed by atoms with E-state index in [0.29, 0.717) is 13.0 Å².